The van der Waals surface area contributed by atoms with Gasteiger partial charge >= 0.3 is 0 Å². The van der Waals surface area contributed by atoms with Gasteiger partial charge in [0, 0.05) is 6.42 Å². The molecule has 0 aromatic carbocycles. The summed E-state index contributed by atoms with van der Waals surface area (Å²) in [4.78, 5) is 20.0. The smallest absolute Gasteiger partial charge is 0.204 e. The molecular weight excluding hydrogens is 204 g/mol. The Kier molecular flexibility index (Phi) is 120. The van der Waals surface area contributed by atoms with Crippen molar-refractivity contribution in [2.75, 3.05) is 21.1 Å². The highest BCUT2D eigenvalue weighted by Gasteiger charge is 1.66. The average Bonchev–Trinajstić information content (AvgIpc) is 2.25. The number of unbranched alkanes of at least 4 members (excludes halogenated alkanes) is 1. The minimum absolute atomic E-state index is 0.250. The number of hydrogen-bond donors (Lipinski definition) is 1. The summed E-state index contributed by atoms with van der Waals surface area (Å²) in [7, 11) is 6.00. The zero-order chi connectivity index (χ0) is 14.4. The van der Waals surface area contributed by atoms with Crippen LogP contribution in [-0.2, 0) is 9.59 Å². The second-order valence-corrected chi connectivity index (χ2v) is 2.43. The summed E-state index contributed by atoms with van der Waals surface area (Å²) < 4.78 is 0. The van der Waals surface area contributed by atoms with Gasteiger partial charge in [0.2, 0.25) is 6.41 Å². The van der Waals surface area contributed by atoms with Gasteiger partial charge in [-0.15, -0.1) is 0 Å². The quantitative estimate of drug-likeness (QED) is 0.748. The Bertz CT molecular complexity index is 84.3. The van der Waals surface area contributed by atoms with Gasteiger partial charge in [0.1, 0.15) is 6.29 Å². The maximum Gasteiger partial charge on any atom is 0.204 e. The second kappa shape index (κ2) is 65.0. The molecule has 0 aromatic rings. The number of primary amides is 1. The summed E-state index contributed by atoms with van der Waals surface area (Å²) >= 11 is 0. The van der Waals surface area contributed by atoms with E-state index in [-0.39, 0.29) is 6.41 Å². The lowest BCUT2D eigenvalue weighted by molar-refractivity contribution is -0.108. The number of amides is 1. The van der Waals surface area contributed by atoms with E-state index in [1.54, 1.807) is 0 Å². The van der Waals surface area contributed by atoms with Gasteiger partial charge in [0.05, 0.1) is 0 Å². The van der Waals surface area contributed by atoms with E-state index in [0.29, 0.717) is 6.42 Å². The van der Waals surface area contributed by atoms with Crippen molar-refractivity contribution >= 4 is 12.7 Å². The molecule has 0 aliphatic carbocycles. The van der Waals surface area contributed by atoms with E-state index in [4.69, 9.17) is 4.79 Å². The van der Waals surface area contributed by atoms with E-state index in [2.05, 4.69) is 5.73 Å². The SMILES string of the molecule is CC.CC.CCCC=O.CN(C)C.NC=O. The van der Waals surface area contributed by atoms with E-state index in [9.17, 15) is 4.79 Å². The Balaban J connectivity index is -0.0000000334. The second-order valence-electron chi connectivity index (χ2n) is 2.43. The summed E-state index contributed by atoms with van der Waals surface area (Å²) in [5, 5.41) is 0. The van der Waals surface area contributed by atoms with Crippen LogP contribution in [0.5, 0.6) is 0 Å². The summed E-state index contributed by atoms with van der Waals surface area (Å²) in [6, 6.07) is 0. The summed E-state index contributed by atoms with van der Waals surface area (Å²) in [5.41, 5.74) is 4.17. The number of nitrogens with zero attached hydrogens (tertiary/aromatic N) is 1. The number of hydrogen-bond acceptors (Lipinski definition) is 3. The van der Waals surface area contributed by atoms with Gasteiger partial charge in [-0.1, -0.05) is 34.6 Å². The van der Waals surface area contributed by atoms with Crippen LogP contribution < -0.4 is 5.73 Å². The van der Waals surface area contributed by atoms with Gasteiger partial charge in [0.15, 0.2) is 0 Å². The first kappa shape index (κ1) is 29.4. The van der Waals surface area contributed by atoms with E-state index in [0.717, 1.165) is 12.7 Å². The van der Waals surface area contributed by atoms with Crippen LogP contribution in [0.25, 0.3) is 0 Å². The zero-order valence-electron chi connectivity index (χ0n) is 12.4. The third-order valence-corrected chi connectivity index (χ3v) is 0.407. The molecule has 0 saturated carbocycles. The number of aldehydes is 1. The van der Waals surface area contributed by atoms with Crippen molar-refractivity contribution < 1.29 is 9.59 Å². The third kappa shape index (κ3) is 1590. The average molecular weight is 236 g/mol. The van der Waals surface area contributed by atoms with Crippen molar-refractivity contribution in [3.05, 3.63) is 0 Å². The maximum atomic E-state index is 9.40. The first-order chi connectivity index (χ1) is 7.56. The lowest BCUT2D eigenvalue weighted by Gasteiger charge is -1.90. The normalized spacial score (nSPS) is 6.06. The van der Waals surface area contributed by atoms with Crippen molar-refractivity contribution in [2.24, 2.45) is 5.73 Å². The van der Waals surface area contributed by atoms with Crippen LogP contribution >= 0.6 is 0 Å². The van der Waals surface area contributed by atoms with Gasteiger partial charge in [-0.05, 0) is 27.6 Å². The molecule has 0 spiro atoms. The van der Waals surface area contributed by atoms with Crippen LogP contribution in [-0.4, -0.2) is 38.7 Å². The largest absolute Gasteiger partial charge is 0.372 e. The highest BCUT2D eigenvalue weighted by molar-refractivity contribution is 5.48. The van der Waals surface area contributed by atoms with Gasteiger partial charge in [-0.3, -0.25) is 4.79 Å². The fourth-order valence-electron chi connectivity index (χ4n) is 0.118. The summed E-state index contributed by atoms with van der Waals surface area (Å²) in [6.07, 6.45) is 2.86. The van der Waals surface area contributed by atoms with Crippen molar-refractivity contribution in [1.29, 1.82) is 0 Å². The standard InChI is InChI=1S/C4H8O.C3H9N.2C2H6.CH3NO/c1-2-3-4-5;1-4(2)3;2*1-2;2-1-3/h4H,2-3H2,1H3;1-3H3;2*1-2H3;1H,(H2,2,3). The third-order valence-electron chi connectivity index (χ3n) is 0.407. The molecule has 0 radical (unpaired) electrons. The van der Waals surface area contributed by atoms with Crippen LogP contribution in [0.4, 0.5) is 0 Å². The molecule has 0 aromatic heterocycles. The lowest BCUT2D eigenvalue weighted by Crippen LogP contribution is -1.99. The molecule has 16 heavy (non-hydrogen) atoms. The molecule has 4 heteroatoms. The maximum absolute atomic E-state index is 9.40. The van der Waals surface area contributed by atoms with Crippen molar-refractivity contribution in [3.8, 4) is 0 Å². The van der Waals surface area contributed by atoms with Crippen LogP contribution in [0.2, 0.25) is 0 Å². The minimum Gasteiger partial charge on any atom is -0.372 e. The topological polar surface area (TPSA) is 63.4 Å². The summed E-state index contributed by atoms with van der Waals surface area (Å²) in [5.74, 6) is 0. The van der Waals surface area contributed by atoms with Crippen molar-refractivity contribution in [3.63, 3.8) is 0 Å². The van der Waals surface area contributed by atoms with Crippen LogP contribution in [0.3, 0.4) is 0 Å². The van der Waals surface area contributed by atoms with Crippen molar-refractivity contribution in [2.45, 2.75) is 47.5 Å². The highest BCUT2D eigenvalue weighted by atomic mass is 16.1. The summed E-state index contributed by atoms with van der Waals surface area (Å²) in [6.45, 7) is 9.98. The Morgan fingerprint density at radius 2 is 1.19 bits per heavy atom. The number of carbonyl (C=O) groups is 2. The first-order valence-corrected chi connectivity index (χ1v) is 5.76. The monoisotopic (exact) mass is 236 g/mol. The lowest BCUT2D eigenvalue weighted by atomic mass is 10.4. The predicted octanol–water partition coefficient (Wildman–Crippen LogP) is 2.32. The predicted molar refractivity (Wildman–Crippen MR) is 73.5 cm³/mol. The molecule has 2 N–H and O–H groups in total. The molecule has 0 fully saturated rings. The molecule has 0 aliphatic rings. The van der Waals surface area contributed by atoms with E-state index in [1.807, 2.05) is 60.7 Å². The number of rotatable bonds is 2. The number of carbonyl (C=O) groups excluding carboxylic acids is 2. The molecule has 0 atom stereocenters. The van der Waals surface area contributed by atoms with Crippen LogP contribution in [0.1, 0.15) is 47.5 Å². The number of nitrogens with two attached hydrogens (primary N) is 1. The molecule has 0 rings (SSSR count). The Morgan fingerprint density at radius 3 is 1.19 bits per heavy atom. The Labute approximate surface area is 102 Å². The van der Waals surface area contributed by atoms with Gasteiger partial charge < -0.3 is 15.4 Å². The van der Waals surface area contributed by atoms with Crippen LogP contribution in [0, 0.1) is 0 Å². The molecule has 0 bridgehead atoms. The minimum atomic E-state index is 0.250. The molecule has 0 saturated heterocycles. The molecular formula is C12H32N2O2. The molecule has 0 unspecified atom stereocenters. The van der Waals surface area contributed by atoms with Gasteiger partial charge in [0.25, 0.3) is 0 Å². The van der Waals surface area contributed by atoms with Crippen LogP contribution in [0.15, 0.2) is 0 Å². The van der Waals surface area contributed by atoms with Crippen molar-refractivity contribution in [1.82, 2.24) is 4.90 Å². The highest BCUT2D eigenvalue weighted by Crippen LogP contribution is 1.74. The van der Waals surface area contributed by atoms with E-state index < -0.39 is 0 Å². The fourth-order valence-corrected chi connectivity index (χ4v) is 0.118. The molecule has 1 amide bonds. The first-order valence-electron chi connectivity index (χ1n) is 5.76. The fraction of sp³-hybridized carbons (Fsp3) is 0.833. The van der Waals surface area contributed by atoms with E-state index >= 15 is 0 Å². The van der Waals surface area contributed by atoms with Gasteiger partial charge in [-0.25, -0.2) is 0 Å². The molecule has 4 nitrogen and oxygen atoms in total. The van der Waals surface area contributed by atoms with Gasteiger partial charge in [-0.2, -0.15) is 0 Å². The van der Waals surface area contributed by atoms with E-state index in [1.165, 1.54) is 0 Å². The molecule has 0 heterocycles. The Hall–Kier alpha value is -0.900. The molecule has 0 aliphatic heterocycles. The molecule has 102 valence electrons. The zero-order valence-corrected chi connectivity index (χ0v) is 12.4. The Morgan fingerprint density at radius 1 is 1.00 bits per heavy atom.